The van der Waals surface area contributed by atoms with E-state index in [9.17, 15) is 9.90 Å². The van der Waals surface area contributed by atoms with E-state index in [1.54, 1.807) is 26.0 Å². The summed E-state index contributed by atoms with van der Waals surface area (Å²) >= 11 is 0. The zero-order valence-corrected chi connectivity index (χ0v) is 10.0. The molecule has 0 saturated heterocycles. The quantitative estimate of drug-likeness (QED) is 0.821. The summed E-state index contributed by atoms with van der Waals surface area (Å²) in [6, 6.07) is 4.85. The number of carboxylic acids is 1. The van der Waals surface area contributed by atoms with Crippen LogP contribution in [-0.2, 0) is 0 Å². The summed E-state index contributed by atoms with van der Waals surface area (Å²) in [6.07, 6.45) is 5.43. The molecule has 0 aliphatic heterocycles. The van der Waals surface area contributed by atoms with Crippen LogP contribution in [0.15, 0.2) is 22.7 Å². The fourth-order valence-corrected chi connectivity index (χ4v) is 1.96. The topological polar surface area (TPSA) is 63.3 Å². The first-order chi connectivity index (χ1) is 8.56. The highest BCUT2D eigenvalue weighted by Crippen LogP contribution is 2.32. The number of rotatable bonds is 2. The number of carboxylic acid groups (broad SMARTS) is 1. The Labute approximate surface area is 104 Å². The molecule has 2 rings (SSSR count). The number of aryl methyl sites for hydroxylation is 2. The summed E-state index contributed by atoms with van der Waals surface area (Å²) in [6.45, 7) is 3.49. The van der Waals surface area contributed by atoms with Crippen LogP contribution in [0.25, 0.3) is 11.1 Å². The number of aromatic nitrogens is 1. The second-order valence-electron chi connectivity index (χ2n) is 3.88. The molecule has 0 aliphatic carbocycles. The van der Waals surface area contributed by atoms with Crippen molar-refractivity contribution in [2.45, 2.75) is 13.8 Å². The van der Waals surface area contributed by atoms with Crippen LogP contribution < -0.4 is 0 Å². The molecule has 18 heavy (non-hydrogen) atoms. The number of terminal acetylenes is 1. The minimum absolute atomic E-state index is 0.153. The van der Waals surface area contributed by atoms with E-state index in [2.05, 4.69) is 11.1 Å². The minimum Gasteiger partial charge on any atom is -0.478 e. The lowest BCUT2D eigenvalue weighted by Crippen LogP contribution is -2.02. The number of benzene rings is 1. The lowest BCUT2D eigenvalue weighted by molar-refractivity contribution is 0.0697. The maximum absolute atomic E-state index is 11.3. The van der Waals surface area contributed by atoms with Crippen molar-refractivity contribution in [3.63, 3.8) is 0 Å². The molecule has 4 nitrogen and oxygen atoms in total. The smallest absolute Gasteiger partial charge is 0.336 e. The molecule has 1 aromatic carbocycles. The molecule has 0 spiro atoms. The monoisotopic (exact) mass is 241 g/mol. The molecule has 0 aliphatic rings. The normalized spacial score (nSPS) is 10.1. The lowest BCUT2D eigenvalue weighted by Gasteiger charge is -2.08. The van der Waals surface area contributed by atoms with E-state index in [-0.39, 0.29) is 5.56 Å². The molecule has 2 aromatic rings. The third-order valence-corrected chi connectivity index (χ3v) is 2.73. The van der Waals surface area contributed by atoms with Gasteiger partial charge in [-0.25, -0.2) is 4.79 Å². The molecule has 0 radical (unpaired) electrons. The maximum Gasteiger partial charge on any atom is 0.336 e. The zero-order chi connectivity index (χ0) is 13.3. The van der Waals surface area contributed by atoms with Crippen molar-refractivity contribution in [2.24, 2.45) is 0 Å². The van der Waals surface area contributed by atoms with Crippen molar-refractivity contribution in [1.29, 1.82) is 0 Å². The van der Waals surface area contributed by atoms with E-state index < -0.39 is 5.97 Å². The average Bonchev–Trinajstić information content (AvgIpc) is 2.68. The molecule has 4 heteroatoms. The molecule has 1 N–H and O–H groups in total. The van der Waals surface area contributed by atoms with E-state index in [0.29, 0.717) is 28.1 Å². The Balaban J connectivity index is 2.85. The van der Waals surface area contributed by atoms with Crippen LogP contribution >= 0.6 is 0 Å². The third-order valence-electron chi connectivity index (χ3n) is 2.73. The van der Waals surface area contributed by atoms with Gasteiger partial charge in [0.25, 0.3) is 0 Å². The Morgan fingerprint density at radius 1 is 1.39 bits per heavy atom. The SMILES string of the molecule is C#Cc1cccc(C(=O)O)c1-c1c(C)noc1C. The Bertz CT molecular complexity index is 643. The maximum atomic E-state index is 11.3. The number of hydrogen-bond donors (Lipinski definition) is 1. The zero-order valence-electron chi connectivity index (χ0n) is 10.0. The van der Waals surface area contributed by atoms with Gasteiger partial charge in [0.1, 0.15) is 5.76 Å². The van der Waals surface area contributed by atoms with Gasteiger partial charge >= 0.3 is 5.97 Å². The Hall–Kier alpha value is -2.54. The van der Waals surface area contributed by atoms with Crippen molar-refractivity contribution >= 4 is 5.97 Å². The number of hydrogen-bond acceptors (Lipinski definition) is 3. The fourth-order valence-electron chi connectivity index (χ4n) is 1.96. The minimum atomic E-state index is -1.03. The van der Waals surface area contributed by atoms with Gasteiger partial charge in [-0.2, -0.15) is 0 Å². The van der Waals surface area contributed by atoms with E-state index in [4.69, 9.17) is 10.9 Å². The summed E-state index contributed by atoms with van der Waals surface area (Å²) in [7, 11) is 0. The Kier molecular flexibility index (Phi) is 2.90. The summed E-state index contributed by atoms with van der Waals surface area (Å²) in [4.78, 5) is 11.3. The van der Waals surface area contributed by atoms with Crippen LogP contribution in [0, 0.1) is 26.2 Å². The van der Waals surface area contributed by atoms with Crippen molar-refractivity contribution in [3.05, 3.63) is 40.8 Å². The number of aromatic carboxylic acids is 1. The van der Waals surface area contributed by atoms with Crippen LogP contribution in [-0.4, -0.2) is 16.2 Å². The van der Waals surface area contributed by atoms with Crippen LogP contribution in [0.3, 0.4) is 0 Å². The second-order valence-corrected chi connectivity index (χ2v) is 3.88. The second kappa shape index (κ2) is 4.38. The molecule has 0 bridgehead atoms. The van der Waals surface area contributed by atoms with Gasteiger partial charge in [0.15, 0.2) is 0 Å². The van der Waals surface area contributed by atoms with Gasteiger partial charge in [-0.15, -0.1) is 6.42 Å². The largest absolute Gasteiger partial charge is 0.478 e. The van der Waals surface area contributed by atoms with Gasteiger partial charge in [0, 0.05) is 16.7 Å². The average molecular weight is 241 g/mol. The van der Waals surface area contributed by atoms with E-state index >= 15 is 0 Å². The summed E-state index contributed by atoms with van der Waals surface area (Å²) < 4.78 is 5.07. The van der Waals surface area contributed by atoms with Crippen LogP contribution in [0.4, 0.5) is 0 Å². The highest BCUT2D eigenvalue weighted by Gasteiger charge is 2.21. The molecular weight excluding hydrogens is 230 g/mol. The fraction of sp³-hybridized carbons (Fsp3) is 0.143. The van der Waals surface area contributed by atoms with E-state index in [1.165, 1.54) is 6.07 Å². The number of nitrogens with zero attached hydrogens (tertiary/aromatic N) is 1. The van der Waals surface area contributed by atoms with E-state index in [1.807, 2.05) is 0 Å². The van der Waals surface area contributed by atoms with Crippen LogP contribution in [0.1, 0.15) is 27.4 Å². The van der Waals surface area contributed by atoms with Crippen LogP contribution in [0.2, 0.25) is 0 Å². The molecule has 0 fully saturated rings. The van der Waals surface area contributed by atoms with E-state index in [0.717, 1.165) is 0 Å². The summed E-state index contributed by atoms with van der Waals surface area (Å²) in [5.74, 6) is 2.03. The predicted octanol–water partition coefficient (Wildman–Crippen LogP) is 2.64. The first-order valence-electron chi connectivity index (χ1n) is 5.32. The van der Waals surface area contributed by atoms with Crippen molar-refractivity contribution in [3.8, 4) is 23.5 Å². The molecule has 0 amide bonds. The predicted molar refractivity (Wildman–Crippen MR) is 66.3 cm³/mol. The van der Waals surface area contributed by atoms with Crippen molar-refractivity contribution in [2.75, 3.05) is 0 Å². The molecule has 0 unspecified atom stereocenters. The van der Waals surface area contributed by atoms with Gasteiger partial charge in [-0.1, -0.05) is 17.1 Å². The molecular formula is C14H11NO3. The van der Waals surface area contributed by atoms with Gasteiger partial charge < -0.3 is 9.63 Å². The van der Waals surface area contributed by atoms with Gasteiger partial charge in [-0.05, 0) is 26.0 Å². The molecule has 0 atom stereocenters. The van der Waals surface area contributed by atoms with Crippen molar-refractivity contribution in [1.82, 2.24) is 5.16 Å². The molecule has 90 valence electrons. The first-order valence-corrected chi connectivity index (χ1v) is 5.32. The summed E-state index contributed by atoms with van der Waals surface area (Å²) in [5.41, 5.74) is 2.44. The van der Waals surface area contributed by atoms with Crippen molar-refractivity contribution < 1.29 is 14.4 Å². The van der Waals surface area contributed by atoms with Gasteiger partial charge in [-0.3, -0.25) is 0 Å². The highest BCUT2D eigenvalue weighted by molar-refractivity contribution is 5.98. The summed E-state index contributed by atoms with van der Waals surface area (Å²) in [5, 5.41) is 13.1. The Morgan fingerprint density at radius 3 is 2.61 bits per heavy atom. The standard InChI is InChI=1S/C14H11NO3/c1-4-10-6-5-7-11(14(16)17)13(10)12-8(2)15-18-9(12)3/h1,5-7H,2-3H3,(H,16,17). The van der Waals surface area contributed by atoms with Crippen LogP contribution in [0.5, 0.6) is 0 Å². The molecule has 1 heterocycles. The molecule has 0 saturated carbocycles. The number of carbonyl (C=O) groups is 1. The third kappa shape index (κ3) is 1.76. The van der Waals surface area contributed by atoms with Gasteiger partial charge in [0.2, 0.25) is 0 Å². The molecule has 1 aromatic heterocycles. The Morgan fingerprint density at radius 2 is 2.11 bits per heavy atom. The van der Waals surface area contributed by atoms with Gasteiger partial charge in [0.05, 0.1) is 11.3 Å². The first kappa shape index (κ1) is 11.9. The highest BCUT2D eigenvalue weighted by atomic mass is 16.5. The lowest BCUT2D eigenvalue weighted by atomic mass is 9.93.